The predicted molar refractivity (Wildman–Crippen MR) is 102 cm³/mol. The van der Waals surface area contributed by atoms with Gasteiger partial charge in [-0.15, -0.1) is 0 Å². The number of nitrogens with one attached hydrogen (secondary N) is 2. The molecule has 1 aromatic carbocycles. The molecule has 1 saturated heterocycles. The molecule has 0 radical (unpaired) electrons. The van der Waals surface area contributed by atoms with Crippen molar-refractivity contribution in [3.63, 3.8) is 0 Å². The van der Waals surface area contributed by atoms with E-state index in [2.05, 4.69) is 15.5 Å². The van der Waals surface area contributed by atoms with Gasteiger partial charge in [0.2, 0.25) is 6.79 Å². The lowest BCUT2D eigenvalue weighted by molar-refractivity contribution is 0.0935. The Morgan fingerprint density at radius 1 is 1.28 bits per heavy atom. The van der Waals surface area contributed by atoms with Crippen LogP contribution in [0, 0.1) is 0 Å². The van der Waals surface area contributed by atoms with Gasteiger partial charge < -0.3 is 24.1 Å². The Labute approximate surface area is 165 Å². The number of amides is 1. The lowest BCUT2D eigenvalue weighted by atomic mass is 10.1. The summed E-state index contributed by atoms with van der Waals surface area (Å²) in [6, 6.07) is 5.53. The van der Waals surface area contributed by atoms with Crippen molar-refractivity contribution in [3.8, 4) is 22.8 Å². The van der Waals surface area contributed by atoms with Gasteiger partial charge in [0, 0.05) is 32.1 Å². The van der Waals surface area contributed by atoms with E-state index in [1.165, 1.54) is 0 Å². The molecule has 1 aromatic rings. The van der Waals surface area contributed by atoms with Crippen molar-refractivity contribution in [2.45, 2.75) is 32.0 Å². The SMILES string of the molecule is O=C(NCc1ccc2c(c1)OCO2)c1cn(C[C@H]2CCCO2)cc2c(=O)[nH]nc1-2. The highest BCUT2D eigenvalue weighted by Crippen LogP contribution is 2.32. The maximum Gasteiger partial charge on any atom is 0.275 e. The fraction of sp³-hybridized carbons (Fsp3) is 0.350. The summed E-state index contributed by atoms with van der Waals surface area (Å²) in [6.45, 7) is 1.85. The summed E-state index contributed by atoms with van der Waals surface area (Å²) in [5, 5.41) is 9.36. The van der Waals surface area contributed by atoms with Crippen molar-refractivity contribution < 1.29 is 19.0 Å². The lowest BCUT2D eigenvalue weighted by Crippen LogP contribution is -2.25. The van der Waals surface area contributed by atoms with Gasteiger partial charge in [0.05, 0.1) is 17.2 Å². The third-order valence-corrected chi connectivity index (χ3v) is 5.19. The lowest BCUT2D eigenvalue weighted by Gasteiger charge is -2.16. The Kier molecular flexibility index (Phi) is 4.44. The summed E-state index contributed by atoms with van der Waals surface area (Å²) >= 11 is 0. The number of rotatable bonds is 5. The highest BCUT2D eigenvalue weighted by molar-refractivity contribution is 5.99. The van der Waals surface area contributed by atoms with Crippen LogP contribution in [0.1, 0.15) is 28.8 Å². The molecule has 4 aliphatic rings. The van der Waals surface area contributed by atoms with Crippen molar-refractivity contribution in [2.75, 3.05) is 13.4 Å². The second-order valence-electron chi connectivity index (χ2n) is 7.19. The number of benzene rings is 1. The molecule has 2 N–H and O–H groups in total. The summed E-state index contributed by atoms with van der Waals surface area (Å²) in [5.74, 6) is 1.05. The van der Waals surface area contributed by atoms with Gasteiger partial charge in [-0.3, -0.25) is 9.59 Å². The normalized spacial score (nSPS) is 17.7. The van der Waals surface area contributed by atoms with Crippen LogP contribution in [0.3, 0.4) is 0 Å². The highest BCUT2D eigenvalue weighted by atomic mass is 16.7. The number of hydrogen-bond acceptors (Lipinski definition) is 6. The largest absolute Gasteiger partial charge is 0.454 e. The average molecular weight is 396 g/mol. The van der Waals surface area contributed by atoms with Crippen LogP contribution in [0.25, 0.3) is 11.3 Å². The number of aromatic amines is 1. The van der Waals surface area contributed by atoms with E-state index in [9.17, 15) is 9.59 Å². The highest BCUT2D eigenvalue weighted by Gasteiger charge is 2.23. The molecule has 0 aliphatic carbocycles. The molecule has 9 nitrogen and oxygen atoms in total. The van der Waals surface area contributed by atoms with Gasteiger partial charge in [-0.25, -0.2) is 5.10 Å². The molecule has 0 saturated carbocycles. The molecule has 29 heavy (non-hydrogen) atoms. The predicted octanol–water partition coefficient (Wildman–Crippen LogP) is 1.51. The number of H-pyrrole nitrogens is 1. The molecule has 0 spiro atoms. The third-order valence-electron chi connectivity index (χ3n) is 5.19. The summed E-state index contributed by atoms with van der Waals surface area (Å²) < 4.78 is 18.2. The Hall–Kier alpha value is -3.33. The first-order valence-electron chi connectivity index (χ1n) is 9.54. The molecule has 0 unspecified atom stereocenters. The van der Waals surface area contributed by atoms with E-state index in [0.29, 0.717) is 41.4 Å². The van der Waals surface area contributed by atoms with Crippen LogP contribution >= 0.6 is 0 Å². The smallest absolute Gasteiger partial charge is 0.275 e. The molecule has 0 aromatic heterocycles. The number of fused-ring (bicyclic) bond motifs is 2. The molecule has 150 valence electrons. The topological polar surface area (TPSA) is 107 Å². The zero-order valence-electron chi connectivity index (χ0n) is 15.6. The first kappa shape index (κ1) is 17.7. The number of carbonyl (C=O) groups is 1. The molecule has 5 rings (SSSR count). The van der Waals surface area contributed by atoms with Gasteiger partial charge in [-0.05, 0) is 30.5 Å². The first-order valence-corrected chi connectivity index (χ1v) is 9.54. The minimum atomic E-state index is -0.313. The van der Waals surface area contributed by atoms with Crippen LogP contribution in [-0.2, 0) is 17.8 Å². The standard InChI is InChI=1S/C20H20N4O5/c25-19(21-7-12-3-4-16-17(6-12)29-11-28-16)14-9-24(8-13-2-1-5-27-13)10-15-18(14)22-23-20(15)26/h3-4,6,9-10,13H,1-2,5,7-8,11H2,(H,21,25)(H,23,26)/t13-/m1/s1. The Bertz CT molecular complexity index is 1080. The van der Waals surface area contributed by atoms with E-state index in [0.717, 1.165) is 25.0 Å². The third kappa shape index (κ3) is 3.44. The zero-order chi connectivity index (χ0) is 19.8. The van der Waals surface area contributed by atoms with E-state index in [-0.39, 0.29) is 24.4 Å². The van der Waals surface area contributed by atoms with Crippen LogP contribution in [0.5, 0.6) is 11.5 Å². The minimum absolute atomic E-state index is 0.0870. The monoisotopic (exact) mass is 396 g/mol. The summed E-state index contributed by atoms with van der Waals surface area (Å²) in [6.07, 6.45) is 5.52. The Balaban J connectivity index is 1.37. The van der Waals surface area contributed by atoms with E-state index in [4.69, 9.17) is 14.2 Å². The molecule has 1 fully saturated rings. The molecule has 4 heterocycles. The van der Waals surface area contributed by atoms with E-state index < -0.39 is 0 Å². The van der Waals surface area contributed by atoms with Crippen molar-refractivity contribution in [2.24, 2.45) is 0 Å². The van der Waals surface area contributed by atoms with Crippen LogP contribution in [0.4, 0.5) is 0 Å². The van der Waals surface area contributed by atoms with E-state index in [1.807, 2.05) is 22.8 Å². The van der Waals surface area contributed by atoms with Crippen molar-refractivity contribution >= 4 is 5.91 Å². The number of carbonyl (C=O) groups excluding carboxylic acids is 1. The number of ether oxygens (including phenoxy) is 3. The number of hydrogen-bond donors (Lipinski definition) is 2. The van der Waals surface area contributed by atoms with Gasteiger partial charge in [-0.2, -0.15) is 5.10 Å². The molecular weight excluding hydrogens is 376 g/mol. The first-order chi connectivity index (χ1) is 14.2. The van der Waals surface area contributed by atoms with Gasteiger partial charge in [-0.1, -0.05) is 6.07 Å². The Morgan fingerprint density at radius 2 is 2.17 bits per heavy atom. The number of pyridine rings is 1. The summed E-state index contributed by atoms with van der Waals surface area (Å²) in [4.78, 5) is 25.0. The van der Waals surface area contributed by atoms with Crippen LogP contribution in [0.2, 0.25) is 0 Å². The van der Waals surface area contributed by atoms with E-state index >= 15 is 0 Å². The summed E-state index contributed by atoms with van der Waals surface area (Å²) in [5.41, 5.74) is 1.67. The summed E-state index contributed by atoms with van der Waals surface area (Å²) in [7, 11) is 0. The molecular formula is C20H20N4O5. The zero-order valence-corrected chi connectivity index (χ0v) is 15.6. The van der Waals surface area contributed by atoms with Gasteiger partial charge in [0.1, 0.15) is 5.69 Å². The van der Waals surface area contributed by atoms with Gasteiger partial charge >= 0.3 is 0 Å². The van der Waals surface area contributed by atoms with Crippen LogP contribution in [0.15, 0.2) is 35.4 Å². The van der Waals surface area contributed by atoms with Crippen LogP contribution < -0.4 is 20.3 Å². The number of nitrogens with zero attached hydrogens (tertiary/aromatic N) is 2. The fourth-order valence-electron chi connectivity index (χ4n) is 3.71. The molecule has 1 atom stereocenters. The average Bonchev–Trinajstić information content (AvgIpc) is 3.47. The molecule has 9 heteroatoms. The number of aromatic nitrogens is 3. The molecule has 0 bridgehead atoms. The fourth-order valence-corrected chi connectivity index (χ4v) is 3.71. The second kappa shape index (κ2) is 7.25. The maximum absolute atomic E-state index is 12.9. The maximum atomic E-state index is 12.9. The Morgan fingerprint density at radius 3 is 3.03 bits per heavy atom. The van der Waals surface area contributed by atoms with Gasteiger partial charge in [0.25, 0.3) is 11.5 Å². The molecule has 1 amide bonds. The van der Waals surface area contributed by atoms with Crippen molar-refractivity contribution in [3.05, 3.63) is 52.1 Å². The second-order valence-corrected chi connectivity index (χ2v) is 7.19. The minimum Gasteiger partial charge on any atom is -0.454 e. The van der Waals surface area contributed by atoms with Gasteiger partial charge in [0.15, 0.2) is 11.5 Å². The van der Waals surface area contributed by atoms with E-state index in [1.54, 1.807) is 12.4 Å². The van der Waals surface area contributed by atoms with Crippen LogP contribution in [-0.4, -0.2) is 40.2 Å². The molecule has 4 aliphatic heterocycles. The van der Waals surface area contributed by atoms with Crippen molar-refractivity contribution in [1.29, 1.82) is 0 Å². The quantitative estimate of drug-likeness (QED) is 0.677. The van der Waals surface area contributed by atoms with Crippen molar-refractivity contribution in [1.82, 2.24) is 20.1 Å².